The van der Waals surface area contributed by atoms with Crippen molar-refractivity contribution in [2.24, 2.45) is 4.99 Å². The Balaban J connectivity index is 1.72. The number of aromatic hydroxyl groups is 2. The number of nitrogens with zero attached hydrogens (tertiary/aromatic N) is 2. The van der Waals surface area contributed by atoms with Gasteiger partial charge in [-0.1, -0.05) is 27.5 Å². The lowest BCUT2D eigenvalue weighted by atomic mass is 10.1. The van der Waals surface area contributed by atoms with Crippen molar-refractivity contribution in [3.8, 4) is 23.0 Å². The Morgan fingerprint density at radius 1 is 1.00 bits per heavy atom. The molecule has 0 saturated heterocycles. The van der Waals surface area contributed by atoms with Gasteiger partial charge in [0.1, 0.15) is 17.0 Å². The molecule has 0 unspecified atom stereocenters. The molecule has 1 heterocycles. The summed E-state index contributed by atoms with van der Waals surface area (Å²) in [6.45, 7) is 0. The van der Waals surface area contributed by atoms with Gasteiger partial charge in [0.05, 0.1) is 11.3 Å². The lowest BCUT2D eigenvalue weighted by Gasteiger charge is -2.02. The van der Waals surface area contributed by atoms with Crippen LogP contribution >= 0.6 is 27.5 Å². The van der Waals surface area contributed by atoms with E-state index >= 15 is 0 Å². The van der Waals surface area contributed by atoms with E-state index in [1.54, 1.807) is 54.7 Å². The number of aliphatic imine (C=N–C) groups is 1. The molecular formula is C20H12BrClN2O3. The van der Waals surface area contributed by atoms with Crippen LogP contribution in [0.5, 0.6) is 11.5 Å². The minimum absolute atomic E-state index is 0.0249. The molecule has 5 nitrogen and oxygen atoms in total. The van der Waals surface area contributed by atoms with Crippen LogP contribution in [0.4, 0.5) is 5.69 Å². The maximum atomic E-state index is 10.2. The molecule has 7 heteroatoms. The molecule has 3 aromatic carbocycles. The number of phenols is 2. The van der Waals surface area contributed by atoms with E-state index in [9.17, 15) is 10.2 Å². The fourth-order valence-electron chi connectivity index (χ4n) is 2.56. The largest absolute Gasteiger partial charge is 0.507 e. The molecular weight excluding hydrogens is 432 g/mol. The highest BCUT2D eigenvalue weighted by molar-refractivity contribution is 9.10. The Labute approximate surface area is 167 Å². The van der Waals surface area contributed by atoms with Crippen LogP contribution in [0.1, 0.15) is 5.56 Å². The van der Waals surface area contributed by atoms with Gasteiger partial charge in [-0.05, 0) is 54.6 Å². The molecule has 134 valence electrons. The molecule has 0 fully saturated rings. The minimum Gasteiger partial charge on any atom is -0.507 e. The van der Waals surface area contributed by atoms with Crippen LogP contribution in [0.15, 0.2) is 68.5 Å². The summed E-state index contributed by atoms with van der Waals surface area (Å²) < 4.78 is 6.55. The summed E-state index contributed by atoms with van der Waals surface area (Å²) in [5, 5.41) is 20.7. The predicted octanol–water partition coefficient (Wildman–Crippen LogP) is 6.07. The fourth-order valence-corrected chi connectivity index (χ4v) is 3.11. The number of halogens is 2. The van der Waals surface area contributed by atoms with Crippen LogP contribution in [-0.4, -0.2) is 21.4 Å². The highest BCUT2D eigenvalue weighted by Crippen LogP contribution is 2.34. The van der Waals surface area contributed by atoms with Crippen molar-refractivity contribution in [3.63, 3.8) is 0 Å². The van der Waals surface area contributed by atoms with Gasteiger partial charge in [0.2, 0.25) is 5.89 Å². The third-order valence-electron chi connectivity index (χ3n) is 3.90. The first-order chi connectivity index (χ1) is 13.0. The van der Waals surface area contributed by atoms with Crippen molar-refractivity contribution in [2.75, 3.05) is 0 Å². The number of hydrogen-bond acceptors (Lipinski definition) is 5. The molecule has 0 aliphatic heterocycles. The average molecular weight is 444 g/mol. The molecule has 0 saturated carbocycles. The highest BCUT2D eigenvalue weighted by Gasteiger charge is 2.13. The molecule has 0 aliphatic carbocycles. The molecule has 4 rings (SSSR count). The molecule has 0 radical (unpaired) electrons. The molecule has 0 spiro atoms. The third kappa shape index (κ3) is 3.67. The van der Waals surface area contributed by atoms with Gasteiger partial charge in [-0.25, -0.2) is 4.98 Å². The predicted molar refractivity (Wildman–Crippen MR) is 109 cm³/mol. The van der Waals surface area contributed by atoms with Crippen molar-refractivity contribution < 1.29 is 14.6 Å². The first-order valence-corrected chi connectivity index (χ1v) is 9.09. The third-order valence-corrected chi connectivity index (χ3v) is 4.63. The average Bonchev–Trinajstić information content (AvgIpc) is 3.06. The van der Waals surface area contributed by atoms with E-state index in [-0.39, 0.29) is 17.4 Å². The van der Waals surface area contributed by atoms with Gasteiger partial charge >= 0.3 is 0 Å². The van der Waals surface area contributed by atoms with Gasteiger partial charge < -0.3 is 14.6 Å². The summed E-state index contributed by atoms with van der Waals surface area (Å²) in [5.41, 5.74) is 2.72. The van der Waals surface area contributed by atoms with Crippen molar-refractivity contribution >= 4 is 50.5 Å². The first kappa shape index (κ1) is 17.6. The topological polar surface area (TPSA) is 78.9 Å². The monoisotopic (exact) mass is 442 g/mol. The van der Waals surface area contributed by atoms with Crippen LogP contribution < -0.4 is 0 Å². The Bertz CT molecular complexity index is 1190. The zero-order chi connectivity index (χ0) is 19.0. The summed E-state index contributed by atoms with van der Waals surface area (Å²) in [6.07, 6.45) is 1.54. The van der Waals surface area contributed by atoms with E-state index in [0.717, 1.165) is 4.47 Å². The lowest BCUT2D eigenvalue weighted by molar-refractivity contribution is 0.473. The number of fused-ring (bicyclic) bond motifs is 1. The van der Waals surface area contributed by atoms with Gasteiger partial charge in [0.15, 0.2) is 5.58 Å². The van der Waals surface area contributed by atoms with Gasteiger partial charge in [0.25, 0.3) is 0 Å². The number of aromatic nitrogens is 1. The smallest absolute Gasteiger partial charge is 0.231 e. The molecule has 0 amide bonds. The summed E-state index contributed by atoms with van der Waals surface area (Å²) in [7, 11) is 0. The number of benzene rings is 3. The molecule has 2 N–H and O–H groups in total. The van der Waals surface area contributed by atoms with Crippen LogP contribution in [0.25, 0.3) is 22.6 Å². The van der Waals surface area contributed by atoms with E-state index in [1.807, 2.05) is 0 Å². The molecule has 0 bridgehead atoms. The highest BCUT2D eigenvalue weighted by atomic mass is 79.9. The van der Waals surface area contributed by atoms with Gasteiger partial charge in [-0.2, -0.15) is 0 Å². The van der Waals surface area contributed by atoms with Gasteiger partial charge in [-0.3, -0.25) is 4.99 Å². The van der Waals surface area contributed by atoms with Gasteiger partial charge in [0, 0.05) is 21.3 Å². The van der Waals surface area contributed by atoms with Crippen LogP contribution in [0.2, 0.25) is 5.02 Å². The molecule has 4 aromatic rings. The van der Waals surface area contributed by atoms with E-state index in [2.05, 4.69) is 25.9 Å². The van der Waals surface area contributed by atoms with Crippen molar-refractivity contribution in [1.29, 1.82) is 0 Å². The van der Waals surface area contributed by atoms with Crippen LogP contribution in [0.3, 0.4) is 0 Å². The normalized spacial score (nSPS) is 11.5. The number of oxazole rings is 1. The molecule has 0 atom stereocenters. The van der Waals surface area contributed by atoms with Crippen LogP contribution in [-0.2, 0) is 0 Å². The SMILES string of the molecule is Oc1ccc(Br)cc1C=Nc1ccc(O)c(-c2nc3cc(Cl)ccc3o2)c1. The van der Waals surface area contributed by atoms with Crippen molar-refractivity contribution in [3.05, 3.63) is 69.7 Å². The van der Waals surface area contributed by atoms with E-state index in [1.165, 1.54) is 6.07 Å². The second-order valence-electron chi connectivity index (χ2n) is 5.79. The molecule has 27 heavy (non-hydrogen) atoms. The second-order valence-corrected chi connectivity index (χ2v) is 7.15. The minimum atomic E-state index is 0.0249. The standard InChI is InChI=1S/C20H12BrClN2O3/c21-12-1-4-17(25)11(7-12)10-23-14-3-5-18(26)15(9-14)20-24-16-8-13(22)2-6-19(16)27-20/h1-10,25-26H. The number of phenolic OH excluding ortho intramolecular Hbond substituents is 2. The maximum Gasteiger partial charge on any atom is 0.231 e. The van der Waals surface area contributed by atoms with Crippen molar-refractivity contribution in [2.45, 2.75) is 0 Å². The molecule has 0 aliphatic rings. The van der Waals surface area contributed by atoms with Crippen molar-refractivity contribution in [1.82, 2.24) is 4.98 Å². The second kappa shape index (κ2) is 7.06. The van der Waals surface area contributed by atoms with E-state index < -0.39 is 0 Å². The lowest BCUT2D eigenvalue weighted by Crippen LogP contribution is -1.83. The summed E-state index contributed by atoms with van der Waals surface area (Å²) in [6, 6.07) is 15.0. The first-order valence-electron chi connectivity index (χ1n) is 7.92. The van der Waals surface area contributed by atoms with E-state index in [0.29, 0.717) is 32.9 Å². The Morgan fingerprint density at radius 3 is 2.67 bits per heavy atom. The summed E-state index contributed by atoms with van der Waals surface area (Å²) >= 11 is 9.34. The Hall–Kier alpha value is -2.83. The zero-order valence-electron chi connectivity index (χ0n) is 13.7. The maximum absolute atomic E-state index is 10.2. The quantitative estimate of drug-likeness (QED) is 0.377. The number of rotatable bonds is 3. The summed E-state index contributed by atoms with van der Waals surface area (Å²) in [5.74, 6) is 0.417. The summed E-state index contributed by atoms with van der Waals surface area (Å²) in [4.78, 5) is 8.75. The van der Waals surface area contributed by atoms with Gasteiger partial charge in [-0.15, -0.1) is 0 Å². The van der Waals surface area contributed by atoms with Crippen LogP contribution in [0, 0.1) is 0 Å². The Morgan fingerprint density at radius 2 is 1.81 bits per heavy atom. The molecule has 1 aromatic heterocycles. The Kier molecular flexibility index (Phi) is 4.59. The number of hydrogen-bond donors (Lipinski definition) is 2. The zero-order valence-corrected chi connectivity index (χ0v) is 16.1. The van der Waals surface area contributed by atoms with E-state index in [4.69, 9.17) is 16.0 Å². The fraction of sp³-hybridized carbons (Fsp3) is 0.